The maximum Gasteiger partial charge on any atom is 0.227 e. The third-order valence-electron chi connectivity index (χ3n) is 2.90. The van der Waals surface area contributed by atoms with E-state index in [2.05, 4.69) is 15.3 Å². The van der Waals surface area contributed by atoms with E-state index < -0.39 is 0 Å². The van der Waals surface area contributed by atoms with E-state index in [9.17, 15) is 0 Å². The van der Waals surface area contributed by atoms with Crippen LogP contribution >= 0.6 is 11.6 Å². The van der Waals surface area contributed by atoms with Crippen LogP contribution in [-0.2, 0) is 9.47 Å². The van der Waals surface area contributed by atoms with Crippen LogP contribution in [0.3, 0.4) is 0 Å². The van der Waals surface area contributed by atoms with Crippen molar-refractivity contribution in [2.75, 3.05) is 11.9 Å². The van der Waals surface area contributed by atoms with Crippen LogP contribution in [-0.4, -0.2) is 22.9 Å². The summed E-state index contributed by atoms with van der Waals surface area (Å²) in [6.07, 6.45) is 3.25. The van der Waals surface area contributed by atoms with Gasteiger partial charge < -0.3 is 14.8 Å². The van der Waals surface area contributed by atoms with E-state index in [1.54, 1.807) is 12.4 Å². The molecule has 0 radical (unpaired) electrons. The van der Waals surface area contributed by atoms with E-state index in [-0.39, 0.29) is 12.4 Å². The predicted molar refractivity (Wildman–Crippen MR) is 76.0 cm³/mol. The monoisotopic (exact) mass is 291 g/mol. The molecule has 0 amide bonds. The highest BCUT2D eigenvalue weighted by atomic mass is 35.5. The molecule has 2 aromatic rings. The molecular formula is C14H14ClN3O2. The van der Waals surface area contributed by atoms with Crippen molar-refractivity contribution in [3.8, 4) is 0 Å². The lowest BCUT2D eigenvalue weighted by atomic mass is 10.2. The minimum absolute atomic E-state index is 0.0516. The first-order valence-electron chi connectivity index (χ1n) is 6.38. The quantitative estimate of drug-likeness (QED) is 0.857. The number of anilines is 2. The van der Waals surface area contributed by atoms with Gasteiger partial charge in [-0.3, -0.25) is 0 Å². The number of nitrogens with zero attached hydrogens (tertiary/aromatic N) is 2. The Hall–Kier alpha value is -1.69. The lowest BCUT2D eigenvalue weighted by Crippen LogP contribution is -2.00. The molecule has 2 heterocycles. The van der Waals surface area contributed by atoms with Crippen molar-refractivity contribution < 1.29 is 9.47 Å². The molecule has 1 aromatic heterocycles. The zero-order valence-electron chi connectivity index (χ0n) is 10.9. The Morgan fingerprint density at radius 1 is 1.30 bits per heavy atom. The molecule has 1 aliphatic rings. The molecule has 2 unspecified atom stereocenters. The van der Waals surface area contributed by atoms with E-state index in [1.165, 1.54) is 0 Å². The molecule has 1 saturated heterocycles. The smallest absolute Gasteiger partial charge is 0.227 e. The fraction of sp³-hybridized carbons (Fsp3) is 0.286. The van der Waals surface area contributed by atoms with Crippen molar-refractivity contribution in [3.05, 3.63) is 47.2 Å². The molecule has 2 atom stereocenters. The fourth-order valence-corrected chi connectivity index (χ4v) is 2.04. The SMILES string of the molecule is CCOC1OC1c1cnc(Nc2ccccc2Cl)nc1. The minimum atomic E-state index is -0.161. The summed E-state index contributed by atoms with van der Waals surface area (Å²) in [5.41, 5.74) is 1.69. The molecule has 0 bridgehead atoms. The number of benzene rings is 1. The molecule has 104 valence electrons. The van der Waals surface area contributed by atoms with Crippen LogP contribution in [0.1, 0.15) is 18.6 Å². The van der Waals surface area contributed by atoms with Gasteiger partial charge in [-0.25, -0.2) is 9.97 Å². The van der Waals surface area contributed by atoms with Gasteiger partial charge in [0.2, 0.25) is 5.95 Å². The number of hydrogen-bond donors (Lipinski definition) is 1. The number of epoxide rings is 1. The van der Waals surface area contributed by atoms with Gasteiger partial charge >= 0.3 is 0 Å². The van der Waals surface area contributed by atoms with Gasteiger partial charge in [0.25, 0.3) is 0 Å². The zero-order chi connectivity index (χ0) is 13.9. The maximum absolute atomic E-state index is 6.07. The van der Waals surface area contributed by atoms with Gasteiger partial charge in [0, 0.05) is 24.6 Å². The van der Waals surface area contributed by atoms with Crippen LogP contribution in [0.25, 0.3) is 0 Å². The number of ether oxygens (including phenoxy) is 2. The number of hydrogen-bond acceptors (Lipinski definition) is 5. The van der Waals surface area contributed by atoms with Crippen molar-refractivity contribution in [1.82, 2.24) is 9.97 Å². The van der Waals surface area contributed by atoms with E-state index in [1.807, 2.05) is 31.2 Å². The minimum Gasteiger partial charge on any atom is -0.350 e. The summed E-state index contributed by atoms with van der Waals surface area (Å²) in [4.78, 5) is 8.51. The van der Waals surface area contributed by atoms with E-state index in [4.69, 9.17) is 21.1 Å². The van der Waals surface area contributed by atoms with Crippen LogP contribution in [0.15, 0.2) is 36.7 Å². The highest BCUT2D eigenvalue weighted by Gasteiger charge is 2.41. The summed E-state index contributed by atoms with van der Waals surface area (Å²) in [6.45, 7) is 2.57. The molecule has 0 aliphatic carbocycles. The van der Waals surface area contributed by atoms with Crippen LogP contribution in [0.4, 0.5) is 11.6 Å². The Morgan fingerprint density at radius 3 is 2.75 bits per heavy atom. The van der Waals surface area contributed by atoms with Crippen molar-refractivity contribution in [2.45, 2.75) is 19.3 Å². The molecule has 6 heteroatoms. The Bertz CT molecular complexity index is 591. The lowest BCUT2D eigenvalue weighted by Gasteiger charge is -2.06. The topological polar surface area (TPSA) is 59.6 Å². The predicted octanol–water partition coefficient (Wildman–Crippen LogP) is 3.31. The van der Waals surface area contributed by atoms with Gasteiger partial charge in [-0.2, -0.15) is 0 Å². The van der Waals surface area contributed by atoms with Gasteiger partial charge in [0.1, 0.15) is 6.10 Å². The van der Waals surface area contributed by atoms with Crippen LogP contribution in [0.2, 0.25) is 5.02 Å². The van der Waals surface area contributed by atoms with Crippen LogP contribution in [0.5, 0.6) is 0 Å². The molecular weight excluding hydrogens is 278 g/mol. The van der Waals surface area contributed by atoms with Crippen molar-refractivity contribution in [1.29, 1.82) is 0 Å². The standard InChI is InChI=1S/C14H14ClN3O2/c1-2-19-13-12(20-13)9-7-16-14(17-8-9)18-11-6-4-3-5-10(11)15/h3-8,12-13H,2H2,1H3,(H,16,17,18). The molecule has 1 aromatic carbocycles. The summed E-state index contributed by atoms with van der Waals surface area (Å²) in [7, 11) is 0. The normalized spacial score (nSPS) is 20.7. The number of aromatic nitrogens is 2. The average molecular weight is 292 g/mol. The molecule has 3 rings (SSSR count). The van der Waals surface area contributed by atoms with Crippen LogP contribution in [0, 0.1) is 0 Å². The van der Waals surface area contributed by atoms with Gasteiger partial charge in [-0.1, -0.05) is 23.7 Å². The third-order valence-corrected chi connectivity index (χ3v) is 3.23. The lowest BCUT2D eigenvalue weighted by molar-refractivity contribution is 0.0593. The summed E-state index contributed by atoms with van der Waals surface area (Å²) in [5.74, 6) is 0.496. The molecule has 1 aliphatic heterocycles. The molecule has 0 spiro atoms. The van der Waals surface area contributed by atoms with E-state index >= 15 is 0 Å². The van der Waals surface area contributed by atoms with Gasteiger partial charge in [0.15, 0.2) is 6.29 Å². The van der Waals surface area contributed by atoms with Crippen LogP contribution < -0.4 is 5.32 Å². The highest BCUT2D eigenvalue weighted by molar-refractivity contribution is 6.33. The second kappa shape index (κ2) is 5.75. The Balaban J connectivity index is 1.67. The summed E-state index contributed by atoms with van der Waals surface area (Å²) >= 11 is 6.07. The number of halogens is 1. The summed E-state index contributed by atoms with van der Waals surface area (Å²) in [5, 5.41) is 3.70. The van der Waals surface area contributed by atoms with Crippen molar-refractivity contribution in [2.24, 2.45) is 0 Å². The largest absolute Gasteiger partial charge is 0.350 e. The highest BCUT2D eigenvalue weighted by Crippen LogP contribution is 2.38. The third kappa shape index (κ3) is 2.90. The van der Waals surface area contributed by atoms with Crippen molar-refractivity contribution in [3.63, 3.8) is 0 Å². The summed E-state index contributed by atoms with van der Waals surface area (Å²) < 4.78 is 10.7. The molecule has 1 fully saturated rings. The molecule has 0 saturated carbocycles. The Labute approximate surface area is 121 Å². The maximum atomic E-state index is 6.07. The van der Waals surface area contributed by atoms with E-state index in [0.29, 0.717) is 17.6 Å². The first-order valence-corrected chi connectivity index (χ1v) is 6.76. The Morgan fingerprint density at radius 2 is 2.05 bits per heavy atom. The zero-order valence-corrected chi connectivity index (χ0v) is 11.7. The van der Waals surface area contributed by atoms with E-state index in [0.717, 1.165) is 11.3 Å². The van der Waals surface area contributed by atoms with Gasteiger partial charge in [-0.15, -0.1) is 0 Å². The van der Waals surface area contributed by atoms with Gasteiger partial charge in [-0.05, 0) is 19.1 Å². The first-order chi connectivity index (χ1) is 9.78. The molecule has 1 N–H and O–H groups in total. The molecule has 20 heavy (non-hydrogen) atoms. The number of rotatable bonds is 5. The average Bonchev–Trinajstić information content (AvgIpc) is 3.22. The fourth-order valence-electron chi connectivity index (χ4n) is 1.86. The molecule has 5 nitrogen and oxygen atoms in total. The second-order valence-electron chi connectivity index (χ2n) is 4.33. The van der Waals surface area contributed by atoms with Crippen molar-refractivity contribution >= 4 is 23.2 Å². The van der Waals surface area contributed by atoms with Gasteiger partial charge in [0.05, 0.1) is 10.7 Å². The Kier molecular flexibility index (Phi) is 3.82. The summed E-state index contributed by atoms with van der Waals surface area (Å²) in [6, 6.07) is 7.45. The first kappa shape index (κ1) is 13.3. The second-order valence-corrected chi connectivity index (χ2v) is 4.73. The number of para-hydroxylation sites is 1. The number of nitrogens with one attached hydrogen (secondary N) is 1.